The lowest BCUT2D eigenvalue weighted by atomic mass is 9.96. The van der Waals surface area contributed by atoms with Crippen LogP contribution in [0.15, 0.2) is 71.5 Å². The molecule has 3 nitrogen and oxygen atoms in total. The molecular weight excluding hydrogens is 294 g/mol. The molecule has 0 atom stereocenters. The van der Waals surface area contributed by atoms with Gasteiger partial charge in [0.2, 0.25) is 0 Å². The standard InChI is InChI=1S/C21H23N3/c1-4-18(16-9-6-5-7-10-16)19-11-8-13-22-20(19)24-17-12-14-23-21(2,3)15-17/h4-14H,15H2,1-3H3,(H,22,24)/b18-4-. The van der Waals surface area contributed by atoms with E-state index in [1.165, 1.54) is 11.1 Å². The quantitative estimate of drug-likeness (QED) is 0.853. The van der Waals surface area contributed by atoms with Gasteiger partial charge in [-0.05, 0) is 50.1 Å². The predicted octanol–water partition coefficient (Wildman–Crippen LogP) is 5.08. The summed E-state index contributed by atoms with van der Waals surface area (Å²) in [4.78, 5) is 9.08. The van der Waals surface area contributed by atoms with Crippen molar-refractivity contribution in [3.8, 4) is 0 Å². The first-order chi connectivity index (χ1) is 11.6. The number of allylic oxidation sites excluding steroid dienone is 2. The van der Waals surface area contributed by atoms with Crippen molar-refractivity contribution >= 4 is 17.6 Å². The summed E-state index contributed by atoms with van der Waals surface area (Å²) in [5.41, 5.74) is 4.53. The van der Waals surface area contributed by atoms with Crippen LogP contribution in [0, 0.1) is 0 Å². The van der Waals surface area contributed by atoms with Crippen molar-refractivity contribution in [2.24, 2.45) is 4.99 Å². The van der Waals surface area contributed by atoms with Crippen LogP contribution in [0.4, 0.5) is 5.82 Å². The number of nitrogens with zero attached hydrogens (tertiary/aromatic N) is 2. The zero-order chi connectivity index (χ0) is 17.0. The highest BCUT2D eigenvalue weighted by molar-refractivity contribution is 5.85. The number of rotatable bonds is 4. The van der Waals surface area contributed by atoms with Crippen LogP contribution in [0.2, 0.25) is 0 Å². The van der Waals surface area contributed by atoms with Crippen molar-refractivity contribution in [1.29, 1.82) is 0 Å². The van der Waals surface area contributed by atoms with Crippen molar-refractivity contribution in [3.63, 3.8) is 0 Å². The van der Waals surface area contributed by atoms with E-state index in [0.29, 0.717) is 0 Å². The Bertz CT molecular complexity index is 799. The third-order valence-corrected chi connectivity index (χ3v) is 4.07. The molecule has 0 saturated carbocycles. The van der Waals surface area contributed by atoms with Crippen LogP contribution in [-0.4, -0.2) is 16.7 Å². The Kier molecular flexibility index (Phi) is 4.61. The summed E-state index contributed by atoms with van der Waals surface area (Å²) >= 11 is 0. The van der Waals surface area contributed by atoms with Crippen molar-refractivity contribution in [2.75, 3.05) is 5.32 Å². The summed E-state index contributed by atoms with van der Waals surface area (Å²) in [7, 11) is 0. The molecule has 3 heteroatoms. The molecule has 0 radical (unpaired) electrons. The van der Waals surface area contributed by atoms with Gasteiger partial charge < -0.3 is 5.32 Å². The monoisotopic (exact) mass is 317 g/mol. The van der Waals surface area contributed by atoms with E-state index in [9.17, 15) is 0 Å². The van der Waals surface area contributed by atoms with Crippen LogP contribution in [0.25, 0.3) is 5.57 Å². The second kappa shape index (κ2) is 6.83. The fraction of sp³-hybridized carbons (Fsp3) is 0.238. The average Bonchev–Trinajstić information content (AvgIpc) is 2.57. The summed E-state index contributed by atoms with van der Waals surface area (Å²) in [6.07, 6.45) is 8.74. The van der Waals surface area contributed by atoms with E-state index in [1.54, 1.807) is 0 Å². The summed E-state index contributed by atoms with van der Waals surface area (Å²) < 4.78 is 0. The summed E-state index contributed by atoms with van der Waals surface area (Å²) in [5, 5.41) is 3.51. The van der Waals surface area contributed by atoms with Crippen LogP contribution in [0.1, 0.15) is 38.3 Å². The number of aromatic nitrogens is 1. The Morgan fingerprint density at radius 1 is 1.12 bits per heavy atom. The molecule has 1 aliphatic rings. The van der Waals surface area contributed by atoms with E-state index in [1.807, 2.05) is 30.6 Å². The van der Waals surface area contributed by atoms with E-state index >= 15 is 0 Å². The van der Waals surface area contributed by atoms with Gasteiger partial charge in [0.1, 0.15) is 5.82 Å². The van der Waals surface area contributed by atoms with Crippen LogP contribution in [-0.2, 0) is 0 Å². The molecule has 2 heterocycles. The second-order valence-electron chi connectivity index (χ2n) is 6.55. The molecule has 0 unspecified atom stereocenters. The molecule has 0 bridgehead atoms. The summed E-state index contributed by atoms with van der Waals surface area (Å²) in [5.74, 6) is 0.881. The number of pyridine rings is 1. The van der Waals surface area contributed by atoms with Gasteiger partial charge in [0.05, 0.1) is 5.54 Å². The highest BCUT2D eigenvalue weighted by Crippen LogP contribution is 2.30. The van der Waals surface area contributed by atoms with Gasteiger partial charge in [0.25, 0.3) is 0 Å². The largest absolute Gasteiger partial charge is 0.343 e. The number of benzene rings is 1. The van der Waals surface area contributed by atoms with Crippen molar-refractivity contribution in [3.05, 3.63) is 77.6 Å². The van der Waals surface area contributed by atoms with E-state index in [-0.39, 0.29) is 5.54 Å². The first kappa shape index (κ1) is 16.2. The fourth-order valence-electron chi connectivity index (χ4n) is 2.96. The number of aliphatic imine (C=N–C) groups is 1. The topological polar surface area (TPSA) is 37.3 Å². The van der Waals surface area contributed by atoms with E-state index < -0.39 is 0 Å². The van der Waals surface area contributed by atoms with Crippen LogP contribution in [0.5, 0.6) is 0 Å². The van der Waals surface area contributed by atoms with E-state index in [2.05, 4.69) is 72.5 Å². The van der Waals surface area contributed by atoms with Gasteiger partial charge in [-0.15, -0.1) is 0 Å². The van der Waals surface area contributed by atoms with Gasteiger partial charge in [0.15, 0.2) is 0 Å². The molecule has 0 spiro atoms. The predicted molar refractivity (Wildman–Crippen MR) is 102 cm³/mol. The van der Waals surface area contributed by atoms with Crippen LogP contribution in [0.3, 0.4) is 0 Å². The first-order valence-corrected chi connectivity index (χ1v) is 8.27. The zero-order valence-electron chi connectivity index (χ0n) is 14.5. The van der Waals surface area contributed by atoms with Crippen LogP contribution >= 0.6 is 0 Å². The molecule has 0 amide bonds. The smallest absolute Gasteiger partial charge is 0.137 e. The number of nitrogens with one attached hydrogen (secondary N) is 1. The number of hydrogen-bond donors (Lipinski definition) is 1. The lowest BCUT2D eigenvalue weighted by Gasteiger charge is -2.25. The second-order valence-corrected chi connectivity index (χ2v) is 6.55. The lowest BCUT2D eigenvalue weighted by molar-refractivity contribution is 0.516. The minimum Gasteiger partial charge on any atom is -0.343 e. The van der Waals surface area contributed by atoms with Crippen molar-refractivity contribution in [2.45, 2.75) is 32.7 Å². The lowest BCUT2D eigenvalue weighted by Crippen LogP contribution is -2.23. The summed E-state index contributed by atoms with van der Waals surface area (Å²) in [6, 6.07) is 14.5. The molecule has 3 rings (SSSR count). The molecule has 2 aromatic rings. The molecular formula is C21H23N3. The molecule has 1 N–H and O–H groups in total. The van der Waals surface area contributed by atoms with Gasteiger partial charge in [0, 0.05) is 30.1 Å². The van der Waals surface area contributed by atoms with E-state index in [0.717, 1.165) is 23.5 Å². The minimum absolute atomic E-state index is 0.0745. The molecule has 0 saturated heterocycles. The SMILES string of the molecule is C/C=C(/c1ccccc1)c1cccnc1NC1=CC=NC(C)(C)C1. The highest BCUT2D eigenvalue weighted by Gasteiger charge is 2.21. The van der Waals surface area contributed by atoms with Gasteiger partial charge in [-0.3, -0.25) is 4.99 Å². The first-order valence-electron chi connectivity index (χ1n) is 8.27. The Morgan fingerprint density at radius 2 is 1.92 bits per heavy atom. The number of dihydropyridines is 1. The van der Waals surface area contributed by atoms with Crippen molar-refractivity contribution in [1.82, 2.24) is 4.98 Å². The zero-order valence-corrected chi connectivity index (χ0v) is 14.5. The Balaban J connectivity index is 1.94. The minimum atomic E-state index is -0.0745. The Hall–Kier alpha value is -2.68. The molecule has 24 heavy (non-hydrogen) atoms. The maximum atomic E-state index is 4.58. The third kappa shape index (κ3) is 3.62. The van der Waals surface area contributed by atoms with E-state index in [4.69, 9.17) is 0 Å². The molecule has 0 fully saturated rings. The average molecular weight is 317 g/mol. The van der Waals surface area contributed by atoms with Gasteiger partial charge >= 0.3 is 0 Å². The maximum absolute atomic E-state index is 4.58. The summed E-state index contributed by atoms with van der Waals surface area (Å²) in [6.45, 7) is 6.34. The van der Waals surface area contributed by atoms with Gasteiger partial charge in [-0.1, -0.05) is 36.4 Å². The normalized spacial score (nSPS) is 16.6. The van der Waals surface area contributed by atoms with Gasteiger partial charge in [-0.2, -0.15) is 0 Å². The van der Waals surface area contributed by atoms with Gasteiger partial charge in [-0.25, -0.2) is 4.98 Å². The molecule has 1 aromatic heterocycles. The third-order valence-electron chi connectivity index (χ3n) is 4.07. The maximum Gasteiger partial charge on any atom is 0.137 e. The Morgan fingerprint density at radius 3 is 2.62 bits per heavy atom. The molecule has 1 aliphatic heterocycles. The number of anilines is 1. The Labute approximate surface area is 143 Å². The fourth-order valence-corrected chi connectivity index (χ4v) is 2.96. The highest BCUT2D eigenvalue weighted by atomic mass is 15.0. The molecule has 0 aliphatic carbocycles. The van der Waals surface area contributed by atoms with Crippen molar-refractivity contribution < 1.29 is 0 Å². The molecule has 1 aromatic carbocycles. The van der Waals surface area contributed by atoms with Crippen LogP contribution < -0.4 is 5.32 Å². The molecule has 122 valence electrons. The number of hydrogen-bond acceptors (Lipinski definition) is 3.